The molecule has 1 saturated carbocycles. The lowest BCUT2D eigenvalue weighted by molar-refractivity contribution is 0.128. The van der Waals surface area contributed by atoms with E-state index in [9.17, 15) is 0 Å². The smallest absolute Gasteiger partial charge is 0.0240 e. The summed E-state index contributed by atoms with van der Waals surface area (Å²) in [6.07, 6.45) is 9.63. The Bertz CT molecular complexity index is 119. The van der Waals surface area contributed by atoms with E-state index >= 15 is 0 Å². The van der Waals surface area contributed by atoms with Gasteiger partial charge < -0.3 is 0 Å². The maximum absolute atomic E-state index is 3.49. The van der Waals surface area contributed by atoms with Crippen molar-refractivity contribution in [2.45, 2.75) is 57.9 Å². The molecule has 13 heavy (non-hydrogen) atoms. The van der Waals surface area contributed by atoms with Crippen LogP contribution in [-0.2, 0) is 0 Å². The van der Waals surface area contributed by atoms with Crippen LogP contribution in [0.2, 0.25) is 0 Å². The Hall–Kier alpha value is -0.0800. The molecule has 0 aromatic carbocycles. The Balaban J connectivity index is 2.09. The molecule has 2 nitrogen and oxygen atoms in total. The van der Waals surface area contributed by atoms with E-state index in [0.717, 1.165) is 12.6 Å². The average molecular weight is 184 g/mol. The summed E-state index contributed by atoms with van der Waals surface area (Å²) >= 11 is 0. The molecule has 0 saturated heterocycles. The lowest BCUT2D eigenvalue weighted by Crippen LogP contribution is -2.43. The zero-order valence-corrected chi connectivity index (χ0v) is 9.18. The molecule has 1 rings (SSSR count). The normalized spacial score (nSPS) is 19.6. The van der Waals surface area contributed by atoms with Gasteiger partial charge in [0.1, 0.15) is 0 Å². The number of unbranched alkanes of at least 4 members (excludes halogenated alkanes) is 1. The van der Waals surface area contributed by atoms with E-state index in [1.807, 2.05) is 0 Å². The predicted molar refractivity (Wildman–Crippen MR) is 57.5 cm³/mol. The number of rotatable bonds is 5. The Kier molecular flexibility index (Phi) is 5.40. The fourth-order valence-corrected chi connectivity index (χ4v) is 2.03. The van der Waals surface area contributed by atoms with Gasteiger partial charge in [0.15, 0.2) is 0 Å². The first kappa shape index (κ1) is 11.0. The molecule has 0 aromatic heterocycles. The highest BCUT2D eigenvalue weighted by Crippen LogP contribution is 2.20. The van der Waals surface area contributed by atoms with E-state index in [0.29, 0.717) is 0 Å². The molecule has 0 amide bonds. The standard InChI is InChI=1S/C11H24N2/c1-3-4-10-12-13(2)11-8-6-5-7-9-11/h11-12H,3-10H2,1-2H3. The third kappa shape index (κ3) is 4.10. The molecule has 0 radical (unpaired) electrons. The third-order valence-corrected chi connectivity index (χ3v) is 3.01. The van der Waals surface area contributed by atoms with Crippen LogP contribution in [0, 0.1) is 0 Å². The molecule has 0 aliphatic heterocycles. The minimum Gasteiger partial charge on any atom is -0.255 e. The van der Waals surface area contributed by atoms with Crippen LogP contribution in [0.4, 0.5) is 0 Å². The summed E-state index contributed by atoms with van der Waals surface area (Å²) in [7, 11) is 2.20. The van der Waals surface area contributed by atoms with E-state index < -0.39 is 0 Å². The minimum atomic E-state index is 0.797. The zero-order valence-electron chi connectivity index (χ0n) is 9.18. The fraction of sp³-hybridized carbons (Fsp3) is 1.00. The number of hydrogen-bond donors (Lipinski definition) is 1. The highest BCUT2D eigenvalue weighted by atomic mass is 15.5. The van der Waals surface area contributed by atoms with Crippen LogP contribution < -0.4 is 5.43 Å². The lowest BCUT2D eigenvalue weighted by Gasteiger charge is -2.31. The van der Waals surface area contributed by atoms with Gasteiger partial charge >= 0.3 is 0 Å². The molecule has 1 N–H and O–H groups in total. The van der Waals surface area contributed by atoms with Gasteiger partial charge in [-0.05, 0) is 19.3 Å². The van der Waals surface area contributed by atoms with Crippen molar-refractivity contribution in [3.63, 3.8) is 0 Å². The SMILES string of the molecule is CCCCNN(C)C1CCCCC1. The lowest BCUT2D eigenvalue weighted by atomic mass is 9.95. The topological polar surface area (TPSA) is 15.3 Å². The van der Waals surface area contributed by atoms with E-state index in [4.69, 9.17) is 0 Å². The molecule has 0 heterocycles. The molecular weight excluding hydrogens is 160 g/mol. The average Bonchev–Trinajstić information content (AvgIpc) is 2.19. The van der Waals surface area contributed by atoms with Crippen LogP contribution in [0.25, 0.3) is 0 Å². The number of hydrazine groups is 1. The summed E-state index contributed by atoms with van der Waals surface area (Å²) in [6.45, 7) is 3.38. The van der Waals surface area contributed by atoms with Gasteiger partial charge in [-0.25, -0.2) is 5.01 Å². The summed E-state index contributed by atoms with van der Waals surface area (Å²) < 4.78 is 0. The Morgan fingerprint density at radius 3 is 2.54 bits per heavy atom. The van der Waals surface area contributed by atoms with Crippen LogP contribution in [0.3, 0.4) is 0 Å². The second kappa shape index (κ2) is 6.39. The van der Waals surface area contributed by atoms with Crippen molar-refractivity contribution in [1.82, 2.24) is 10.4 Å². The number of nitrogens with one attached hydrogen (secondary N) is 1. The van der Waals surface area contributed by atoms with Gasteiger partial charge in [-0.15, -0.1) is 0 Å². The second-order valence-electron chi connectivity index (χ2n) is 4.16. The maximum Gasteiger partial charge on any atom is 0.0240 e. The zero-order chi connectivity index (χ0) is 9.52. The van der Waals surface area contributed by atoms with Gasteiger partial charge in [0.2, 0.25) is 0 Å². The van der Waals surface area contributed by atoms with Crippen molar-refractivity contribution in [3.05, 3.63) is 0 Å². The molecule has 0 aromatic rings. The summed E-state index contributed by atoms with van der Waals surface area (Å²) in [6, 6.07) is 0.797. The molecule has 2 heteroatoms. The fourth-order valence-electron chi connectivity index (χ4n) is 2.03. The maximum atomic E-state index is 3.49. The van der Waals surface area contributed by atoms with Gasteiger partial charge in [-0.3, -0.25) is 5.43 Å². The van der Waals surface area contributed by atoms with E-state index in [-0.39, 0.29) is 0 Å². The molecule has 1 aliphatic rings. The van der Waals surface area contributed by atoms with Gasteiger partial charge in [0.25, 0.3) is 0 Å². The molecular formula is C11H24N2. The van der Waals surface area contributed by atoms with Crippen LogP contribution >= 0.6 is 0 Å². The quantitative estimate of drug-likeness (QED) is 0.522. The Morgan fingerprint density at radius 1 is 1.23 bits per heavy atom. The van der Waals surface area contributed by atoms with Crippen molar-refractivity contribution in [2.75, 3.05) is 13.6 Å². The van der Waals surface area contributed by atoms with Crippen molar-refractivity contribution in [2.24, 2.45) is 0 Å². The Labute approximate surface area is 82.7 Å². The molecule has 0 unspecified atom stereocenters. The molecule has 1 aliphatic carbocycles. The highest BCUT2D eigenvalue weighted by molar-refractivity contribution is 4.71. The van der Waals surface area contributed by atoms with E-state index in [2.05, 4.69) is 24.4 Å². The highest BCUT2D eigenvalue weighted by Gasteiger charge is 2.16. The predicted octanol–water partition coefficient (Wildman–Crippen LogP) is 2.56. The second-order valence-corrected chi connectivity index (χ2v) is 4.16. The van der Waals surface area contributed by atoms with Gasteiger partial charge in [0, 0.05) is 19.6 Å². The van der Waals surface area contributed by atoms with Gasteiger partial charge in [-0.1, -0.05) is 32.6 Å². The van der Waals surface area contributed by atoms with Crippen LogP contribution in [0.1, 0.15) is 51.9 Å². The summed E-state index contributed by atoms with van der Waals surface area (Å²) in [5, 5.41) is 2.34. The van der Waals surface area contributed by atoms with Crippen LogP contribution in [0.15, 0.2) is 0 Å². The van der Waals surface area contributed by atoms with Crippen molar-refractivity contribution >= 4 is 0 Å². The van der Waals surface area contributed by atoms with E-state index in [1.54, 1.807) is 0 Å². The molecule has 1 fully saturated rings. The Morgan fingerprint density at radius 2 is 1.92 bits per heavy atom. The van der Waals surface area contributed by atoms with Gasteiger partial charge in [0.05, 0.1) is 0 Å². The van der Waals surface area contributed by atoms with Crippen LogP contribution in [-0.4, -0.2) is 24.6 Å². The summed E-state index contributed by atoms with van der Waals surface area (Å²) in [5.74, 6) is 0. The monoisotopic (exact) mass is 184 g/mol. The minimum absolute atomic E-state index is 0.797. The first-order valence-electron chi connectivity index (χ1n) is 5.81. The largest absolute Gasteiger partial charge is 0.255 e. The third-order valence-electron chi connectivity index (χ3n) is 3.01. The molecule has 78 valence electrons. The first-order chi connectivity index (χ1) is 6.34. The summed E-state index contributed by atoms with van der Waals surface area (Å²) in [4.78, 5) is 0. The first-order valence-corrected chi connectivity index (χ1v) is 5.81. The number of nitrogens with zero attached hydrogens (tertiary/aromatic N) is 1. The number of hydrogen-bond acceptors (Lipinski definition) is 2. The molecule has 0 bridgehead atoms. The van der Waals surface area contributed by atoms with Crippen molar-refractivity contribution in [1.29, 1.82) is 0 Å². The van der Waals surface area contributed by atoms with Crippen molar-refractivity contribution in [3.8, 4) is 0 Å². The van der Waals surface area contributed by atoms with Gasteiger partial charge in [-0.2, -0.15) is 0 Å². The summed E-state index contributed by atoms with van der Waals surface area (Å²) in [5.41, 5.74) is 3.49. The van der Waals surface area contributed by atoms with Crippen LogP contribution in [0.5, 0.6) is 0 Å². The molecule has 0 spiro atoms. The molecule has 0 atom stereocenters. The van der Waals surface area contributed by atoms with E-state index in [1.165, 1.54) is 44.9 Å². The van der Waals surface area contributed by atoms with Crippen molar-refractivity contribution < 1.29 is 0 Å².